The van der Waals surface area contributed by atoms with Crippen molar-refractivity contribution in [2.24, 2.45) is 10.9 Å². The average Bonchev–Trinajstić information content (AvgIpc) is 3.06. The van der Waals surface area contributed by atoms with Crippen LogP contribution in [0.3, 0.4) is 0 Å². The quantitative estimate of drug-likeness (QED) is 0.323. The van der Waals surface area contributed by atoms with E-state index in [1.165, 1.54) is 11.9 Å². The summed E-state index contributed by atoms with van der Waals surface area (Å²) in [6, 6.07) is 9.56. The van der Waals surface area contributed by atoms with Crippen molar-refractivity contribution in [1.29, 1.82) is 5.41 Å². The predicted molar refractivity (Wildman–Crippen MR) is 102 cm³/mol. The van der Waals surface area contributed by atoms with Crippen LogP contribution in [0.25, 0.3) is 0 Å². The smallest absolute Gasteiger partial charge is 0.327 e. The van der Waals surface area contributed by atoms with Crippen LogP contribution in [0, 0.1) is 11.3 Å². The molecule has 0 atom stereocenters. The summed E-state index contributed by atoms with van der Waals surface area (Å²) in [5.74, 6) is 0.0673. The second-order valence-electron chi connectivity index (χ2n) is 5.71. The molecule has 0 unspecified atom stereocenters. The summed E-state index contributed by atoms with van der Waals surface area (Å²) in [4.78, 5) is 19.9. The van der Waals surface area contributed by atoms with E-state index in [-0.39, 0.29) is 19.1 Å². The van der Waals surface area contributed by atoms with Gasteiger partial charge in [-0.2, -0.15) is 4.83 Å². The Morgan fingerprint density at radius 1 is 1.40 bits per heavy atom. The highest BCUT2D eigenvalue weighted by Crippen LogP contribution is 2.22. The number of rotatable bonds is 8. The number of ether oxygens (including phenoxy) is 1. The molecule has 6 nitrogen and oxygen atoms in total. The van der Waals surface area contributed by atoms with Gasteiger partial charge in [0.05, 0.1) is 10.6 Å². The molecule has 0 saturated heterocycles. The highest BCUT2D eigenvalue weighted by molar-refractivity contribution is 8.02. The zero-order valence-corrected chi connectivity index (χ0v) is 15.1. The van der Waals surface area contributed by atoms with Gasteiger partial charge in [0.1, 0.15) is 19.5 Å². The van der Waals surface area contributed by atoms with Crippen molar-refractivity contribution in [3.63, 3.8) is 0 Å². The van der Waals surface area contributed by atoms with E-state index in [1.807, 2.05) is 42.5 Å². The summed E-state index contributed by atoms with van der Waals surface area (Å²) in [7, 11) is 0. The zero-order valence-electron chi connectivity index (χ0n) is 14.3. The van der Waals surface area contributed by atoms with Crippen LogP contribution in [0.5, 0.6) is 0 Å². The second kappa shape index (κ2) is 9.80. The van der Waals surface area contributed by atoms with Gasteiger partial charge in [0.15, 0.2) is 0 Å². The first kappa shape index (κ1) is 19.0. The third-order valence-corrected chi connectivity index (χ3v) is 4.04. The van der Waals surface area contributed by atoms with E-state index in [0.29, 0.717) is 11.6 Å². The molecule has 7 heteroatoms. The number of carbonyl (C=O) groups excluding carboxylic acids is 1. The lowest BCUT2D eigenvalue weighted by molar-refractivity contribution is -0.145. The van der Waals surface area contributed by atoms with Crippen molar-refractivity contribution in [1.82, 2.24) is 9.84 Å². The van der Waals surface area contributed by atoms with Gasteiger partial charge in [-0.3, -0.25) is 15.2 Å². The zero-order chi connectivity index (χ0) is 18.1. The number of hydrazine groups is 1. The van der Waals surface area contributed by atoms with Crippen molar-refractivity contribution in [2.45, 2.75) is 20.5 Å². The largest absolute Gasteiger partial charge is 0.459 e. The fraction of sp³-hybridized carbons (Fsp3) is 0.278. The molecule has 0 spiro atoms. The van der Waals surface area contributed by atoms with E-state index < -0.39 is 0 Å². The molecule has 25 heavy (non-hydrogen) atoms. The van der Waals surface area contributed by atoms with E-state index in [0.717, 1.165) is 16.8 Å². The minimum absolute atomic E-state index is 0.0924. The molecule has 0 bridgehead atoms. The predicted octanol–water partition coefficient (Wildman–Crippen LogP) is 3.30. The minimum Gasteiger partial charge on any atom is -0.459 e. The van der Waals surface area contributed by atoms with Crippen LogP contribution >= 0.6 is 11.9 Å². The van der Waals surface area contributed by atoms with Crippen LogP contribution in [-0.2, 0) is 16.1 Å². The summed E-state index contributed by atoms with van der Waals surface area (Å²) in [5.41, 5.74) is 1.64. The Morgan fingerprint density at radius 3 is 2.84 bits per heavy atom. The lowest BCUT2D eigenvalue weighted by Gasteiger charge is -2.13. The van der Waals surface area contributed by atoms with Gasteiger partial charge in [0.2, 0.25) is 0 Å². The summed E-state index contributed by atoms with van der Waals surface area (Å²) in [6.07, 6.45) is 6.70. The number of nitrogens with zero attached hydrogens (tertiary/aromatic N) is 2. The molecule has 0 aliphatic carbocycles. The number of esters is 1. The molecule has 1 aliphatic heterocycles. The molecule has 0 aromatic heterocycles. The molecule has 132 valence electrons. The van der Waals surface area contributed by atoms with E-state index in [1.54, 1.807) is 11.2 Å². The summed E-state index contributed by atoms with van der Waals surface area (Å²) >= 11 is 1.35. The van der Waals surface area contributed by atoms with Crippen LogP contribution < -0.4 is 4.83 Å². The Bertz CT molecular complexity index is 684. The van der Waals surface area contributed by atoms with Crippen LogP contribution in [0.15, 0.2) is 58.6 Å². The van der Waals surface area contributed by atoms with Gasteiger partial charge in [0.25, 0.3) is 0 Å². The average molecular weight is 358 g/mol. The Balaban J connectivity index is 1.90. The second-order valence-corrected chi connectivity index (χ2v) is 6.53. The molecule has 0 fully saturated rings. The molecule has 0 radical (unpaired) electrons. The third kappa shape index (κ3) is 6.56. The van der Waals surface area contributed by atoms with Crippen molar-refractivity contribution in [2.75, 3.05) is 6.54 Å². The maximum absolute atomic E-state index is 12.0. The molecule has 0 saturated carbocycles. The lowest BCUT2D eigenvalue weighted by atomic mass is 10.2. The lowest BCUT2D eigenvalue weighted by Crippen LogP contribution is -2.31. The Kier molecular flexibility index (Phi) is 7.43. The number of hydrogen-bond donors (Lipinski definition) is 2. The van der Waals surface area contributed by atoms with Gasteiger partial charge in [0, 0.05) is 6.20 Å². The SMILES string of the molecule is CC(C)/C=C\C(=N/C=N)C1=CN(CC(=O)OCc2ccccc2)NS1. The topological polar surface area (TPSA) is 77.8 Å². The maximum Gasteiger partial charge on any atom is 0.327 e. The summed E-state index contributed by atoms with van der Waals surface area (Å²) in [6.45, 7) is 4.49. The molecule has 1 aromatic carbocycles. The van der Waals surface area contributed by atoms with Crippen LogP contribution in [0.1, 0.15) is 19.4 Å². The Morgan fingerprint density at radius 2 is 2.16 bits per heavy atom. The molecule has 0 amide bonds. The number of carbonyl (C=O) groups is 1. The van der Waals surface area contributed by atoms with E-state index in [2.05, 4.69) is 23.7 Å². The van der Waals surface area contributed by atoms with Crippen LogP contribution in [0.4, 0.5) is 0 Å². The molecular formula is C18H22N4O2S. The number of hydrogen-bond acceptors (Lipinski definition) is 6. The van der Waals surface area contributed by atoms with E-state index in [4.69, 9.17) is 10.1 Å². The van der Waals surface area contributed by atoms with E-state index >= 15 is 0 Å². The van der Waals surface area contributed by atoms with Gasteiger partial charge in [-0.15, -0.1) is 0 Å². The van der Waals surface area contributed by atoms with Crippen LogP contribution in [0.2, 0.25) is 0 Å². The fourth-order valence-corrected chi connectivity index (χ4v) is 2.70. The Hall–Kier alpha value is -2.38. The van der Waals surface area contributed by atoms with E-state index in [9.17, 15) is 4.79 Å². The molecule has 2 rings (SSSR count). The minimum atomic E-state index is -0.322. The fourth-order valence-electron chi connectivity index (χ4n) is 1.96. The molecule has 1 aliphatic rings. The van der Waals surface area contributed by atoms with Crippen molar-refractivity contribution < 1.29 is 9.53 Å². The molecular weight excluding hydrogens is 336 g/mol. The number of allylic oxidation sites excluding steroid dienone is 3. The number of nitrogens with one attached hydrogen (secondary N) is 2. The number of aliphatic imine (C=N–C) groups is 1. The van der Waals surface area contributed by atoms with Gasteiger partial charge in [-0.25, -0.2) is 4.99 Å². The highest BCUT2D eigenvalue weighted by Gasteiger charge is 2.19. The molecule has 2 N–H and O–H groups in total. The third-order valence-electron chi connectivity index (χ3n) is 3.18. The standard InChI is InChI=1S/C18H22N4O2S/c1-14(2)8-9-16(20-13-19)17-10-22(21-25-17)11-18(23)24-12-15-6-4-3-5-7-15/h3-10,13-14,19,21H,11-12H2,1-2H3/b9-8-,19-13?,20-16+. The van der Waals surface area contributed by atoms with Gasteiger partial charge >= 0.3 is 5.97 Å². The monoisotopic (exact) mass is 358 g/mol. The van der Waals surface area contributed by atoms with Crippen molar-refractivity contribution >= 4 is 30.0 Å². The van der Waals surface area contributed by atoms with Crippen LogP contribution in [-0.4, -0.2) is 29.6 Å². The maximum atomic E-state index is 12.0. The first-order valence-corrected chi connectivity index (χ1v) is 8.76. The summed E-state index contributed by atoms with van der Waals surface area (Å²) < 4.78 is 5.27. The van der Waals surface area contributed by atoms with Gasteiger partial charge < -0.3 is 4.74 Å². The molecule has 1 heterocycles. The van der Waals surface area contributed by atoms with Crippen molar-refractivity contribution in [3.05, 3.63) is 59.2 Å². The normalized spacial score (nSPS) is 14.9. The van der Waals surface area contributed by atoms with Crippen molar-refractivity contribution in [3.8, 4) is 0 Å². The Labute approximate surface area is 152 Å². The number of benzene rings is 1. The van der Waals surface area contributed by atoms with Gasteiger partial charge in [-0.1, -0.05) is 50.3 Å². The summed E-state index contributed by atoms with van der Waals surface area (Å²) in [5, 5.41) is 8.84. The first-order chi connectivity index (χ1) is 12.1. The highest BCUT2D eigenvalue weighted by atomic mass is 32.2. The van der Waals surface area contributed by atoms with Gasteiger partial charge in [-0.05, 0) is 29.5 Å². The first-order valence-electron chi connectivity index (χ1n) is 7.94. The molecule has 1 aromatic rings.